The third kappa shape index (κ3) is 5.06. The summed E-state index contributed by atoms with van der Waals surface area (Å²) in [6.07, 6.45) is 2.64. The largest absolute Gasteiger partial charge is 0.324 e. The zero-order valence-electron chi connectivity index (χ0n) is 20.0. The van der Waals surface area contributed by atoms with E-state index in [9.17, 15) is 14.4 Å². The van der Waals surface area contributed by atoms with Gasteiger partial charge >= 0.3 is 0 Å². The summed E-state index contributed by atoms with van der Waals surface area (Å²) in [4.78, 5) is 39.3. The second kappa shape index (κ2) is 10.1. The topological polar surface area (TPSA) is 71.4 Å². The number of carbonyl (C=O) groups excluding carboxylic acids is 3. The second-order valence-corrected chi connectivity index (χ2v) is 9.85. The fraction of sp³-hybridized carbons (Fsp3) is 0.222. The first-order valence-electron chi connectivity index (χ1n) is 11.3. The van der Waals surface area contributed by atoms with Gasteiger partial charge in [0.2, 0.25) is 5.91 Å². The maximum absolute atomic E-state index is 13.0. The van der Waals surface area contributed by atoms with E-state index in [0.29, 0.717) is 15.6 Å². The van der Waals surface area contributed by atoms with Gasteiger partial charge in [0.15, 0.2) is 0 Å². The second-order valence-electron chi connectivity index (χ2n) is 8.42. The highest BCUT2D eigenvalue weighted by Crippen LogP contribution is 2.34. The van der Waals surface area contributed by atoms with Gasteiger partial charge in [0.1, 0.15) is 6.54 Å². The number of halogens is 1. The van der Waals surface area contributed by atoms with E-state index in [1.54, 1.807) is 30.3 Å². The summed E-state index contributed by atoms with van der Waals surface area (Å²) < 4.78 is 2.20. The van der Waals surface area contributed by atoms with E-state index in [2.05, 4.69) is 41.9 Å². The van der Waals surface area contributed by atoms with Crippen LogP contribution in [0.2, 0.25) is 5.02 Å². The Labute approximate surface area is 214 Å². The zero-order valence-corrected chi connectivity index (χ0v) is 21.6. The van der Waals surface area contributed by atoms with Gasteiger partial charge in [-0.1, -0.05) is 42.8 Å². The average molecular weight is 508 g/mol. The standard InChI is InChI=1S/C27H26ClN3O3S/c1-5-19-9-6-8-16(2)25(19)31-17(3)12-20(18(31)4)13-23-26(33)30(27(34)35-23)15-24(32)29-22-11-7-10-21(28)14-22/h6-14H,5,15H2,1-4H3,(H,29,32)/b23-13-. The molecule has 8 heteroatoms. The van der Waals surface area contributed by atoms with Crippen molar-refractivity contribution < 1.29 is 14.4 Å². The van der Waals surface area contributed by atoms with Crippen LogP contribution in [-0.4, -0.2) is 33.1 Å². The Balaban J connectivity index is 1.58. The van der Waals surface area contributed by atoms with Crippen LogP contribution in [0.4, 0.5) is 10.5 Å². The Morgan fingerprint density at radius 1 is 1.09 bits per heavy atom. The molecule has 0 spiro atoms. The molecule has 1 saturated heterocycles. The van der Waals surface area contributed by atoms with Crippen LogP contribution in [0.25, 0.3) is 11.8 Å². The number of rotatable bonds is 6. The molecule has 1 fully saturated rings. The molecule has 1 aliphatic heterocycles. The molecule has 6 nitrogen and oxygen atoms in total. The number of amides is 3. The van der Waals surface area contributed by atoms with Crippen molar-refractivity contribution in [3.8, 4) is 5.69 Å². The molecule has 0 bridgehead atoms. The van der Waals surface area contributed by atoms with E-state index in [4.69, 9.17) is 11.6 Å². The molecule has 1 aliphatic rings. The molecule has 0 saturated carbocycles. The van der Waals surface area contributed by atoms with E-state index < -0.39 is 17.1 Å². The van der Waals surface area contributed by atoms with Crippen molar-refractivity contribution in [3.05, 3.63) is 86.5 Å². The van der Waals surface area contributed by atoms with Crippen molar-refractivity contribution >= 4 is 52.2 Å². The van der Waals surface area contributed by atoms with Crippen LogP contribution in [0.1, 0.15) is 35.0 Å². The van der Waals surface area contributed by atoms with Gasteiger partial charge in [-0.3, -0.25) is 19.3 Å². The van der Waals surface area contributed by atoms with E-state index in [1.165, 1.54) is 11.1 Å². The zero-order chi connectivity index (χ0) is 25.3. The lowest BCUT2D eigenvalue weighted by Gasteiger charge is -2.17. The van der Waals surface area contributed by atoms with Crippen molar-refractivity contribution in [1.29, 1.82) is 0 Å². The lowest BCUT2D eigenvalue weighted by molar-refractivity contribution is -0.127. The number of anilines is 1. The fourth-order valence-electron chi connectivity index (χ4n) is 4.29. The van der Waals surface area contributed by atoms with Crippen molar-refractivity contribution in [2.75, 3.05) is 11.9 Å². The highest BCUT2D eigenvalue weighted by molar-refractivity contribution is 8.18. The van der Waals surface area contributed by atoms with E-state index in [0.717, 1.165) is 45.7 Å². The summed E-state index contributed by atoms with van der Waals surface area (Å²) in [6.45, 7) is 7.89. The average Bonchev–Trinajstić information content (AvgIpc) is 3.22. The van der Waals surface area contributed by atoms with Gasteiger partial charge in [0, 0.05) is 22.1 Å². The Kier molecular flexibility index (Phi) is 7.19. The molecule has 3 aromatic rings. The van der Waals surface area contributed by atoms with Crippen LogP contribution >= 0.6 is 23.4 Å². The number of nitrogens with zero attached hydrogens (tertiary/aromatic N) is 2. The molecule has 0 aliphatic carbocycles. The minimum absolute atomic E-state index is 0.298. The van der Waals surface area contributed by atoms with Crippen molar-refractivity contribution in [2.45, 2.75) is 34.1 Å². The molecule has 180 valence electrons. The maximum atomic E-state index is 13.0. The van der Waals surface area contributed by atoms with Gasteiger partial charge in [-0.15, -0.1) is 0 Å². The quantitative estimate of drug-likeness (QED) is 0.398. The lowest BCUT2D eigenvalue weighted by Crippen LogP contribution is -2.36. The van der Waals surface area contributed by atoms with Crippen LogP contribution in [0.5, 0.6) is 0 Å². The number of para-hydroxylation sites is 1. The van der Waals surface area contributed by atoms with E-state index >= 15 is 0 Å². The van der Waals surface area contributed by atoms with E-state index in [-0.39, 0.29) is 6.54 Å². The predicted octanol–water partition coefficient (Wildman–Crippen LogP) is 6.29. The van der Waals surface area contributed by atoms with Gasteiger partial charge in [-0.05, 0) is 86.0 Å². The van der Waals surface area contributed by atoms with Gasteiger partial charge in [0.25, 0.3) is 11.1 Å². The first-order chi connectivity index (χ1) is 16.7. The van der Waals surface area contributed by atoms with Crippen LogP contribution in [0, 0.1) is 20.8 Å². The number of hydrogen-bond donors (Lipinski definition) is 1. The van der Waals surface area contributed by atoms with Crippen molar-refractivity contribution in [2.24, 2.45) is 0 Å². The third-order valence-corrected chi connectivity index (χ3v) is 7.11. The summed E-state index contributed by atoms with van der Waals surface area (Å²) >= 11 is 6.79. The smallest absolute Gasteiger partial charge is 0.294 e. The number of nitrogens with one attached hydrogen (secondary N) is 1. The molecule has 1 aromatic heterocycles. The third-order valence-electron chi connectivity index (χ3n) is 5.97. The Bertz CT molecular complexity index is 1380. The van der Waals surface area contributed by atoms with Crippen LogP contribution < -0.4 is 5.32 Å². The van der Waals surface area contributed by atoms with Gasteiger partial charge in [-0.2, -0.15) is 0 Å². The number of hydrogen-bond acceptors (Lipinski definition) is 4. The number of thioether (sulfide) groups is 1. The van der Waals surface area contributed by atoms with Gasteiger partial charge < -0.3 is 9.88 Å². The number of aromatic nitrogens is 1. The number of aryl methyl sites for hydroxylation is 3. The highest BCUT2D eigenvalue weighted by atomic mass is 35.5. The molecule has 1 N–H and O–H groups in total. The number of carbonyl (C=O) groups is 3. The summed E-state index contributed by atoms with van der Waals surface area (Å²) in [5, 5.41) is 2.68. The Morgan fingerprint density at radius 2 is 1.83 bits per heavy atom. The molecular weight excluding hydrogens is 482 g/mol. The molecule has 0 unspecified atom stereocenters. The van der Waals surface area contributed by atoms with Crippen LogP contribution in [0.15, 0.2) is 53.4 Å². The van der Waals surface area contributed by atoms with Crippen molar-refractivity contribution in [1.82, 2.24) is 9.47 Å². The summed E-state index contributed by atoms with van der Waals surface area (Å²) in [6, 6.07) is 15.0. The predicted molar refractivity (Wildman–Crippen MR) is 142 cm³/mol. The molecular formula is C27H26ClN3O3S. The lowest BCUT2D eigenvalue weighted by atomic mass is 10.1. The first-order valence-corrected chi connectivity index (χ1v) is 12.5. The Morgan fingerprint density at radius 3 is 2.54 bits per heavy atom. The highest BCUT2D eigenvalue weighted by Gasteiger charge is 2.36. The summed E-state index contributed by atoms with van der Waals surface area (Å²) in [7, 11) is 0. The monoisotopic (exact) mass is 507 g/mol. The van der Waals surface area contributed by atoms with Gasteiger partial charge in [-0.25, -0.2) is 0 Å². The van der Waals surface area contributed by atoms with E-state index in [1.807, 2.05) is 19.9 Å². The summed E-state index contributed by atoms with van der Waals surface area (Å²) in [5.41, 5.74) is 6.94. The minimum atomic E-state index is -0.476. The SMILES string of the molecule is CCc1cccc(C)c1-n1c(C)cc(/C=C2\SC(=O)N(CC(=O)Nc3cccc(Cl)c3)C2=O)c1C. The molecule has 35 heavy (non-hydrogen) atoms. The summed E-state index contributed by atoms with van der Waals surface area (Å²) in [5.74, 6) is -0.947. The maximum Gasteiger partial charge on any atom is 0.294 e. The molecule has 2 heterocycles. The Hall–Kier alpha value is -3.29. The number of benzene rings is 2. The minimum Gasteiger partial charge on any atom is -0.324 e. The van der Waals surface area contributed by atoms with Gasteiger partial charge in [0.05, 0.1) is 10.6 Å². The molecule has 3 amide bonds. The van der Waals surface area contributed by atoms with Crippen LogP contribution in [-0.2, 0) is 16.0 Å². The molecule has 0 atom stereocenters. The van der Waals surface area contributed by atoms with Crippen molar-refractivity contribution in [3.63, 3.8) is 0 Å². The van der Waals surface area contributed by atoms with Crippen LogP contribution in [0.3, 0.4) is 0 Å². The normalized spacial score (nSPS) is 14.8. The molecule has 2 aromatic carbocycles. The molecule has 4 rings (SSSR count). The fourth-order valence-corrected chi connectivity index (χ4v) is 5.31. The number of imide groups is 1. The first kappa shape index (κ1) is 24.8. The molecule has 0 radical (unpaired) electrons.